The Morgan fingerprint density at radius 2 is 1.44 bits per heavy atom. The van der Waals surface area contributed by atoms with E-state index >= 15 is 0 Å². The number of carbonyl (C=O) groups is 4. The fourth-order valence-electron chi connectivity index (χ4n) is 2.46. The summed E-state index contributed by atoms with van der Waals surface area (Å²) in [5.41, 5.74) is -1.63. The highest BCUT2D eigenvalue weighted by atomic mass is 16.4. The van der Waals surface area contributed by atoms with Crippen molar-refractivity contribution in [1.82, 2.24) is 0 Å². The van der Waals surface area contributed by atoms with E-state index in [1.807, 2.05) is 0 Å². The molecule has 0 saturated heterocycles. The molecule has 0 radical (unpaired) electrons. The first-order valence-corrected chi connectivity index (χ1v) is 7.30. The Kier molecular flexibility index (Phi) is 6.44. The van der Waals surface area contributed by atoms with Crippen LogP contribution in [0, 0.1) is 11.3 Å². The normalized spacial score (nSPS) is 21.6. The summed E-state index contributed by atoms with van der Waals surface area (Å²) in [6, 6.07) is 5.48. The van der Waals surface area contributed by atoms with Gasteiger partial charge >= 0.3 is 23.9 Å². The highest BCUT2D eigenvalue weighted by Crippen LogP contribution is 2.36. The van der Waals surface area contributed by atoms with Gasteiger partial charge in [-0.15, -0.1) is 0 Å². The average molecular weight is 350 g/mol. The zero-order valence-corrected chi connectivity index (χ0v) is 13.4. The molecule has 2 rings (SSSR count). The molecule has 1 aromatic rings. The molecule has 2 atom stereocenters. The Morgan fingerprint density at radius 1 is 0.960 bits per heavy atom. The maximum atomic E-state index is 10.9. The number of rotatable bonds is 4. The lowest BCUT2D eigenvalue weighted by molar-refractivity contribution is -0.158. The third-order valence-corrected chi connectivity index (χ3v) is 3.96. The van der Waals surface area contributed by atoms with E-state index in [0.717, 1.165) is 0 Å². The van der Waals surface area contributed by atoms with Gasteiger partial charge in [-0.05, 0) is 31.9 Å². The van der Waals surface area contributed by atoms with E-state index in [2.05, 4.69) is 0 Å². The van der Waals surface area contributed by atoms with Crippen molar-refractivity contribution in [3.05, 3.63) is 47.5 Å². The van der Waals surface area contributed by atoms with Gasteiger partial charge in [0.05, 0.1) is 22.5 Å². The monoisotopic (exact) mass is 350 g/mol. The van der Waals surface area contributed by atoms with Crippen molar-refractivity contribution in [2.24, 2.45) is 11.3 Å². The minimum absolute atomic E-state index is 0.190. The number of benzene rings is 1. The molecule has 0 aromatic heterocycles. The molecule has 0 aliphatic heterocycles. The number of carboxylic acid groups (broad SMARTS) is 4. The van der Waals surface area contributed by atoms with E-state index in [1.54, 1.807) is 6.08 Å². The number of aromatic carboxylic acids is 2. The molecule has 4 N–H and O–H groups in total. The Bertz CT molecular complexity index is 688. The van der Waals surface area contributed by atoms with Crippen LogP contribution in [0.25, 0.3) is 0 Å². The molecule has 1 aliphatic rings. The highest BCUT2D eigenvalue weighted by molar-refractivity contribution is 6.01. The molecule has 8 nitrogen and oxygen atoms in total. The van der Waals surface area contributed by atoms with Crippen LogP contribution in [0.3, 0.4) is 0 Å². The summed E-state index contributed by atoms with van der Waals surface area (Å²) in [6.07, 6.45) is 4.25. The molecule has 0 spiro atoms. The minimum Gasteiger partial charge on any atom is -0.481 e. The van der Waals surface area contributed by atoms with Crippen LogP contribution in [0.5, 0.6) is 0 Å². The summed E-state index contributed by atoms with van der Waals surface area (Å²) < 4.78 is 0. The summed E-state index contributed by atoms with van der Waals surface area (Å²) in [4.78, 5) is 42.6. The molecule has 25 heavy (non-hydrogen) atoms. The Hall–Kier alpha value is -3.16. The number of aliphatic carboxylic acids is 2. The fourth-order valence-corrected chi connectivity index (χ4v) is 2.46. The standard InChI is InChI=1S/C9H12O4.C8H6O4/c1-9(8(12)13)5-3-2-4-6(9)7(10)11;9-7(10)5-3-1-2-4-6(5)8(11)12/h3,5-6H,2,4H2,1H3,(H,10,11)(H,12,13);1-4H,(H,9,10)(H,11,12). The first-order valence-electron chi connectivity index (χ1n) is 7.30. The van der Waals surface area contributed by atoms with E-state index in [4.69, 9.17) is 20.4 Å². The molecule has 1 aliphatic carbocycles. The van der Waals surface area contributed by atoms with Gasteiger partial charge in [-0.1, -0.05) is 24.3 Å². The first-order chi connectivity index (χ1) is 11.6. The Balaban J connectivity index is 0.000000251. The molecule has 0 fully saturated rings. The van der Waals surface area contributed by atoms with E-state index in [9.17, 15) is 19.2 Å². The molecule has 1 aromatic carbocycles. The van der Waals surface area contributed by atoms with Crippen molar-refractivity contribution in [2.75, 3.05) is 0 Å². The van der Waals surface area contributed by atoms with Gasteiger partial charge in [0.2, 0.25) is 0 Å². The topological polar surface area (TPSA) is 149 Å². The Labute approximate surface area is 143 Å². The van der Waals surface area contributed by atoms with E-state index in [1.165, 1.54) is 37.3 Å². The van der Waals surface area contributed by atoms with Crippen molar-refractivity contribution in [1.29, 1.82) is 0 Å². The summed E-state index contributed by atoms with van der Waals surface area (Å²) in [5.74, 6) is -5.37. The van der Waals surface area contributed by atoms with Gasteiger partial charge in [0.15, 0.2) is 0 Å². The second-order valence-electron chi connectivity index (χ2n) is 5.61. The smallest absolute Gasteiger partial charge is 0.336 e. The van der Waals surface area contributed by atoms with Crippen molar-refractivity contribution >= 4 is 23.9 Å². The van der Waals surface area contributed by atoms with Crippen LogP contribution in [-0.2, 0) is 9.59 Å². The number of carboxylic acids is 4. The summed E-state index contributed by atoms with van der Waals surface area (Å²) in [7, 11) is 0. The predicted octanol–water partition coefficient (Wildman–Crippen LogP) is 2.21. The van der Waals surface area contributed by atoms with Gasteiger partial charge in [-0.25, -0.2) is 9.59 Å². The van der Waals surface area contributed by atoms with Crippen molar-refractivity contribution in [3.8, 4) is 0 Å². The molecule has 0 saturated carbocycles. The van der Waals surface area contributed by atoms with Crippen LogP contribution in [-0.4, -0.2) is 44.3 Å². The zero-order chi connectivity index (χ0) is 19.2. The molecular formula is C17H18O8. The zero-order valence-electron chi connectivity index (χ0n) is 13.4. The summed E-state index contributed by atoms with van der Waals surface area (Å²) in [6.45, 7) is 1.45. The lowest BCUT2D eigenvalue weighted by Gasteiger charge is -2.30. The average Bonchev–Trinajstić information content (AvgIpc) is 2.55. The third kappa shape index (κ3) is 4.66. The lowest BCUT2D eigenvalue weighted by Crippen LogP contribution is -2.40. The fraction of sp³-hybridized carbons (Fsp3) is 0.294. The van der Waals surface area contributed by atoms with Gasteiger partial charge in [0, 0.05) is 0 Å². The molecular weight excluding hydrogens is 332 g/mol. The molecule has 0 bridgehead atoms. The van der Waals surface area contributed by atoms with Crippen molar-refractivity contribution in [3.63, 3.8) is 0 Å². The molecule has 0 amide bonds. The van der Waals surface area contributed by atoms with Gasteiger partial charge in [-0.3, -0.25) is 9.59 Å². The highest BCUT2D eigenvalue weighted by Gasteiger charge is 2.44. The van der Waals surface area contributed by atoms with Gasteiger partial charge in [-0.2, -0.15) is 0 Å². The van der Waals surface area contributed by atoms with E-state index < -0.39 is 35.2 Å². The maximum Gasteiger partial charge on any atom is 0.336 e. The lowest BCUT2D eigenvalue weighted by atomic mass is 9.71. The number of hydrogen-bond acceptors (Lipinski definition) is 4. The molecule has 8 heteroatoms. The maximum absolute atomic E-state index is 10.9. The summed E-state index contributed by atoms with van der Waals surface area (Å²) >= 11 is 0. The number of allylic oxidation sites excluding steroid dienone is 1. The third-order valence-electron chi connectivity index (χ3n) is 3.96. The SMILES string of the molecule is CC1(C(=O)O)C=CCCC1C(=O)O.O=C(O)c1ccccc1C(=O)O. The van der Waals surface area contributed by atoms with Crippen molar-refractivity contribution < 1.29 is 39.6 Å². The van der Waals surface area contributed by atoms with E-state index in [-0.39, 0.29) is 11.1 Å². The van der Waals surface area contributed by atoms with Gasteiger partial charge < -0.3 is 20.4 Å². The largest absolute Gasteiger partial charge is 0.481 e. The Morgan fingerprint density at radius 3 is 1.76 bits per heavy atom. The summed E-state index contributed by atoms with van der Waals surface area (Å²) in [5, 5.41) is 34.8. The van der Waals surface area contributed by atoms with Crippen LogP contribution in [0.15, 0.2) is 36.4 Å². The van der Waals surface area contributed by atoms with Crippen LogP contribution < -0.4 is 0 Å². The van der Waals surface area contributed by atoms with Crippen LogP contribution in [0.4, 0.5) is 0 Å². The van der Waals surface area contributed by atoms with Crippen LogP contribution in [0.2, 0.25) is 0 Å². The molecule has 134 valence electrons. The number of hydrogen-bond donors (Lipinski definition) is 4. The first kappa shape index (κ1) is 19.9. The van der Waals surface area contributed by atoms with Crippen LogP contribution >= 0.6 is 0 Å². The van der Waals surface area contributed by atoms with Gasteiger partial charge in [0.1, 0.15) is 0 Å². The predicted molar refractivity (Wildman–Crippen MR) is 85.6 cm³/mol. The quantitative estimate of drug-likeness (QED) is 0.604. The second kappa shape index (κ2) is 8.09. The van der Waals surface area contributed by atoms with Crippen molar-refractivity contribution in [2.45, 2.75) is 19.8 Å². The van der Waals surface area contributed by atoms with E-state index in [0.29, 0.717) is 12.8 Å². The second-order valence-corrected chi connectivity index (χ2v) is 5.61. The minimum atomic E-state index is -1.25. The van der Waals surface area contributed by atoms with Gasteiger partial charge in [0.25, 0.3) is 0 Å². The van der Waals surface area contributed by atoms with Crippen LogP contribution in [0.1, 0.15) is 40.5 Å². The molecule has 2 unspecified atom stereocenters. The molecule has 0 heterocycles.